The standard InChI is InChI=1S/C13H30N2/c1-6-10-14-13(8-7-12(2)3)9-11-15(4)5/h12-14H,6-11H2,1-5H3. The molecule has 0 spiro atoms. The first-order valence-electron chi connectivity index (χ1n) is 6.44. The fourth-order valence-corrected chi connectivity index (χ4v) is 1.65. The van der Waals surface area contributed by atoms with Crippen molar-refractivity contribution < 1.29 is 0 Å². The third kappa shape index (κ3) is 10.2. The topological polar surface area (TPSA) is 15.3 Å². The van der Waals surface area contributed by atoms with E-state index in [-0.39, 0.29) is 0 Å². The van der Waals surface area contributed by atoms with Gasteiger partial charge in [-0.3, -0.25) is 0 Å². The molecule has 0 rings (SSSR count). The van der Waals surface area contributed by atoms with Gasteiger partial charge in [0.15, 0.2) is 0 Å². The molecule has 1 N–H and O–H groups in total. The summed E-state index contributed by atoms with van der Waals surface area (Å²) in [6.07, 6.45) is 5.18. The lowest BCUT2D eigenvalue weighted by Gasteiger charge is -2.21. The van der Waals surface area contributed by atoms with Crippen LogP contribution in [0.5, 0.6) is 0 Å². The summed E-state index contributed by atoms with van der Waals surface area (Å²) in [6.45, 7) is 9.21. The number of hydrogen-bond acceptors (Lipinski definition) is 2. The van der Waals surface area contributed by atoms with Crippen molar-refractivity contribution in [2.24, 2.45) is 5.92 Å². The second-order valence-corrected chi connectivity index (χ2v) is 5.21. The molecule has 0 aliphatic heterocycles. The predicted octanol–water partition coefficient (Wildman–Crippen LogP) is 2.74. The van der Waals surface area contributed by atoms with E-state index in [4.69, 9.17) is 0 Å². The van der Waals surface area contributed by atoms with Crippen LogP contribution >= 0.6 is 0 Å². The molecule has 0 heterocycles. The largest absolute Gasteiger partial charge is 0.314 e. The van der Waals surface area contributed by atoms with Crippen molar-refractivity contribution in [1.82, 2.24) is 10.2 Å². The van der Waals surface area contributed by atoms with Gasteiger partial charge in [-0.05, 0) is 58.8 Å². The van der Waals surface area contributed by atoms with E-state index in [9.17, 15) is 0 Å². The van der Waals surface area contributed by atoms with Crippen LogP contribution in [0.4, 0.5) is 0 Å². The van der Waals surface area contributed by atoms with Crippen molar-refractivity contribution in [2.45, 2.75) is 52.5 Å². The minimum absolute atomic E-state index is 0.717. The second-order valence-electron chi connectivity index (χ2n) is 5.21. The third-order valence-corrected chi connectivity index (χ3v) is 2.70. The maximum absolute atomic E-state index is 3.65. The maximum Gasteiger partial charge on any atom is 0.00793 e. The molecule has 2 nitrogen and oxygen atoms in total. The molecule has 0 aliphatic carbocycles. The smallest absolute Gasteiger partial charge is 0.00793 e. The van der Waals surface area contributed by atoms with Crippen molar-refractivity contribution in [1.29, 1.82) is 0 Å². The van der Waals surface area contributed by atoms with Gasteiger partial charge in [-0.2, -0.15) is 0 Å². The molecule has 92 valence electrons. The molecule has 0 bridgehead atoms. The van der Waals surface area contributed by atoms with E-state index in [0.29, 0.717) is 0 Å². The van der Waals surface area contributed by atoms with E-state index < -0.39 is 0 Å². The van der Waals surface area contributed by atoms with Crippen molar-refractivity contribution in [3.05, 3.63) is 0 Å². The molecule has 0 amide bonds. The summed E-state index contributed by atoms with van der Waals surface area (Å²) in [4.78, 5) is 2.27. The Labute approximate surface area is 96.4 Å². The predicted molar refractivity (Wildman–Crippen MR) is 69.3 cm³/mol. The lowest BCUT2D eigenvalue weighted by atomic mass is 10.0. The van der Waals surface area contributed by atoms with Gasteiger partial charge < -0.3 is 10.2 Å². The summed E-state index contributed by atoms with van der Waals surface area (Å²) < 4.78 is 0. The Morgan fingerprint density at radius 2 is 1.73 bits per heavy atom. The molecule has 15 heavy (non-hydrogen) atoms. The summed E-state index contributed by atoms with van der Waals surface area (Å²) in [5, 5.41) is 3.65. The lowest BCUT2D eigenvalue weighted by Crippen LogP contribution is -2.33. The molecule has 1 atom stereocenters. The molecule has 1 unspecified atom stereocenters. The fourth-order valence-electron chi connectivity index (χ4n) is 1.65. The zero-order valence-electron chi connectivity index (χ0n) is 11.3. The normalized spacial score (nSPS) is 13.8. The Morgan fingerprint density at radius 1 is 1.07 bits per heavy atom. The summed E-state index contributed by atoms with van der Waals surface area (Å²) in [5.74, 6) is 0.829. The van der Waals surface area contributed by atoms with Crippen LogP contribution in [-0.2, 0) is 0 Å². The molecular weight excluding hydrogens is 184 g/mol. The molecule has 0 aromatic carbocycles. The first-order valence-corrected chi connectivity index (χ1v) is 6.44. The molecule has 0 aliphatic rings. The van der Waals surface area contributed by atoms with Crippen molar-refractivity contribution >= 4 is 0 Å². The SMILES string of the molecule is CCCNC(CCC(C)C)CCN(C)C. The van der Waals surface area contributed by atoms with E-state index in [0.717, 1.165) is 18.5 Å². The van der Waals surface area contributed by atoms with E-state index in [2.05, 4.69) is 45.1 Å². The lowest BCUT2D eigenvalue weighted by molar-refractivity contribution is 0.337. The van der Waals surface area contributed by atoms with Gasteiger partial charge in [0, 0.05) is 6.04 Å². The van der Waals surface area contributed by atoms with Gasteiger partial charge >= 0.3 is 0 Å². The summed E-state index contributed by atoms with van der Waals surface area (Å²) in [6, 6.07) is 0.717. The van der Waals surface area contributed by atoms with Gasteiger partial charge in [0.25, 0.3) is 0 Å². The maximum atomic E-state index is 3.65. The highest BCUT2D eigenvalue weighted by Gasteiger charge is 2.08. The van der Waals surface area contributed by atoms with Gasteiger partial charge in [-0.25, -0.2) is 0 Å². The average Bonchev–Trinajstić information content (AvgIpc) is 2.16. The quantitative estimate of drug-likeness (QED) is 0.635. The summed E-state index contributed by atoms with van der Waals surface area (Å²) in [5.41, 5.74) is 0. The Balaban J connectivity index is 3.73. The van der Waals surface area contributed by atoms with Crippen LogP contribution < -0.4 is 5.32 Å². The van der Waals surface area contributed by atoms with Gasteiger partial charge in [0.2, 0.25) is 0 Å². The highest BCUT2D eigenvalue weighted by molar-refractivity contribution is 4.68. The first kappa shape index (κ1) is 14.9. The minimum atomic E-state index is 0.717. The molecule has 0 fully saturated rings. The van der Waals surface area contributed by atoms with Gasteiger partial charge in [-0.15, -0.1) is 0 Å². The molecular formula is C13H30N2. The van der Waals surface area contributed by atoms with Gasteiger partial charge in [0.05, 0.1) is 0 Å². The van der Waals surface area contributed by atoms with Crippen molar-refractivity contribution in [3.63, 3.8) is 0 Å². The molecule has 0 aromatic heterocycles. The zero-order valence-corrected chi connectivity index (χ0v) is 11.3. The van der Waals surface area contributed by atoms with Gasteiger partial charge in [-0.1, -0.05) is 20.8 Å². The monoisotopic (exact) mass is 214 g/mol. The van der Waals surface area contributed by atoms with E-state index in [1.807, 2.05) is 0 Å². The third-order valence-electron chi connectivity index (χ3n) is 2.70. The van der Waals surface area contributed by atoms with Crippen LogP contribution in [0.2, 0.25) is 0 Å². The molecule has 0 aromatic rings. The van der Waals surface area contributed by atoms with Gasteiger partial charge in [0.1, 0.15) is 0 Å². The minimum Gasteiger partial charge on any atom is -0.314 e. The van der Waals surface area contributed by atoms with E-state index in [1.165, 1.54) is 32.2 Å². The Bertz CT molecular complexity index is 120. The van der Waals surface area contributed by atoms with Crippen LogP contribution in [0.15, 0.2) is 0 Å². The fraction of sp³-hybridized carbons (Fsp3) is 1.00. The number of nitrogens with one attached hydrogen (secondary N) is 1. The van der Waals surface area contributed by atoms with Crippen LogP contribution in [0.3, 0.4) is 0 Å². The van der Waals surface area contributed by atoms with Crippen LogP contribution in [0.1, 0.15) is 46.5 Å². The molecule has 0 saturated carbocycles. The zero-order chi connectivity index (χ0) is 11.7. The highest BCUT2D eigenvalue weighted by atomic mass is 15.1. The van der Waals surface area contributed by atoms with E-state index >= 15 is 0 Å². The average molecular weight is 214 g/mol. The number of rotatable bonds is 9. The number of nitrogens with zero attached hydrogens (tertiary/aromatic N) is 1. The highest BCUT2D eigenvalue weighted by Crippen LogP contribution is 2.09. The Morgan fingerprint density at radius 3 is 2.20 bits per heavy atom. The summed E-state index contributed by atoms with van der Waals surface area (Å²) in [7, 11) is 4.30. The Kier molecular flexibility index (Phi) is 9.12. The van der Waals surface area contributed by atoms with Crippen LogP contribution in [0.25, 0.3) is 0 Å². The second kappa shape index (κ2) is 9.17. The van der Waals surface area contributed by atoms with Crippen LogP contribution in [0, 0.1) is 5.92 Å². The molecule has 0 saturated heterocycles. The Hall–Kier alpha value is -0.0800. The van der Waals surface area contributed by atoms with Crippen molar-refractivity contribution in [2.75, 3.05) is 27.2 Å². The van der Waals surface area contributed by atoms with Crippen molar-refractivity contribution in [3.8, 4) is 0 Å². The van der Waals surface area contributed by atoms with E-state index in [1.54, 1.807) is 0 Å². The molecule has 2 heteroatoms. The first-order chi connectivity index (χ1) is 7.06. The molecule has 0 radical (unpaired) electrons. The van der Waals surface area contributed by atoms with Crippen LogP contribution in [-0.4, -0.2) is 38.1 Å². The number of hydrogen-bond donors (Lipinski definition) is 1. The summed E-state index contributed by atoms with van der Waals surface area (Å²) >= 11 is 0.